The highest BCUT2D eigenvalue weighted by molar-refractivity contribution is 5.69. The summed E-state index contributed by atoms with van der Waals surface area (Å²) in [5.41, 5.74) is 2.44. The van der Waals surface area contributed by atoms with Crippen molar-refractivity contribution in [3.05, 3.63) is 16.4 Å². The van der Waals surface area contributed by atoms with E-state index in [-0.39, 0.29) is 17.5 Å². The van der Waals surface area contributed by atoms with Crippen molar-refractivity contribution in [1.82, 2.24) is 9.97 Å². The molecule has 1 fully saturated rings. The van der Waals surface area contributed by atoms with Crippen LogP contribution in [0.25, 0.3) is 0 Å². The maximum absolute atomic E-state index is 11.3. The summed E-state index contributed by atoms with van der Waals surface area (Å²) in [5, 5.41) is 11.3. The van der Waals surface area contributed by atoms with Gasteiger partial charge in [0, 0.05) is 13.1 Å². The number of aromatic nitrogens is 2. The summed E-state index contributed by atoms with van der Waals surface area (Å²) in [6, 6.07) is 0.247. The van der Waals surface area contributed by atoms with E-state index in [1.54, 1.807) is 0 Å². The summed E-state index contributed by atoms with van der Waals surface area (Å²) in [6.45, 7) is 4.51. The zero-order valence-corrected chi connectivity index (χ0v) is 12.7. The van der Waals surface area contributed by atoms with Crippen molar-refractivity contribution in [3.63, 3.8) is 0 Å². The molecule has 0 aromatic carbocycles. The van der Waals surface area contributed by atoms with E-state index in [1.807, 2.05) is 11.9 Å². The quantitative estimate of drug-likeness (QED) is 0.497. The second-order valence-corrected chi connectivity index (χ2v) is 6.30. The Kier molecular flexibility index (Phi) is 4.26. The fourth-order valence-electron chi connectivity index (χ4n) is 2.85. The number of nitro groups is 1. The summed E-state index contributed by atoms with van der Waals surface area (Å²) >= 11 is 0. The third-order valence-corrected chi connectivity index (χ3v) is 4.31. The molecule has 21 heavy (non-hydrogen) atoms. The molecule has 0 spiro atoms. The number of hydrogen-bond donors (Lipinski definition) is 2. The molecule has 2 rings (SSSR count). The second kappa shape index (κ2) is 5.80. The van der Waals surface area contributed by atoms with Gasteiger partial charge in [-0.3, -0.25) is 10.1 Å². The van der Waals surface area contributed by atoms with Crippen LogP contribution in [0.1, 0.15) is 39.5 Å². The molecule has 0 radical (unpaired) electrons. The molecule has 1 aromatic rings. The van der Waals surface area contributed by atoms with Crippen molar-refractivity contribution in [2.24, 2.45) is 11.3 Å². The maximum Gasteiger partial charge on any atom is 0.354 e. The van der Waals surface area contributed by atoms with Gasteiger partial charge in [-0.2, -0.15) is 0 Å². The van der Waals surface area contributed by atoms with Crippen molar-refractivity contribution < 1.29 is 4.92 Å². The van der Waals surface area contributed by atoms with E-state index in [9.17, 15) is 10.1 Å². The molecule has 0 unspecified atom stereocenters. The average molecular weight is 294 g/mol. The van der Waals surface area contributed by atoms with Gasteiger partial charge in [0.05, 0.1) is 4.92 Å². The van der Waals surface area contributed by atoms with Crippen LogP contribution in [0.2, 0.25) is 0 Å². The lowest BCUT2D eigenvalue weighted by Gasteiger charge is -2.38. The number of hydrogen-bond acceptors (Lipinski definition) is 7. The first kappa shape index (κ1) is 15.4. The maximum atomic E-state index is 11.3. The highest BCUT2D eigenvalue weighted by Crippen LogP contribution is 2.39. The van der Waals surface area contributed by atoms with E-state index in [2.05, 4.69) is 29.2 Å². The van der Waals surface area contributed by atoms with E-state index < -0.39 is 4.92 Å². The fraction of sp³-hybridized carbons (Fsp3) is 0.692. The number of nitrogens with zero attached hydrogens (tertiary/aromatic N) is 4. The molecule has 8 heteroatoms. The van der Waals surface area contributed by atoms with Gasteiger partial charge in [0.1, 0.15) is 6.33 Å². The lowest BCUT2D eigenvalue weighted by atomic mass is 9.75. The van der Waals surface area contributed by atoms with E-state index in [4.69, 9.17) is 5.84 Å². The number of anilines is 2. The van der Waals surface area contributed by atoms with Crippen molar-refractivity contribution in [2.45, 2.75) is 45.6 Å². The van der Waals surface area contributed by atoms with Crippen LogP contribution in [0.15, 0.2) is 6.33 Å². The molecule has 1 aliphatic carbocycles. The van der Waals surface area contributed by atoms with Gasteiger partial charge in [0.25, 0.3) is 0 Å². The van der Waals surface area contributed by atoms with Gasteiger partial charge in [-0.05, 0) is 31.1 Å². The zero-order valence-electron chi connectivity index (χ0n) is 12.7. The first-order valence-electron chi connectivity index (χ1n) is 7.04. The van der Waals surface area contributed by atoms with Gasteiger partial charge in [0.15, 0.2) is 0 Å². The molecular formula is C13H22N6O2. The lowest BCUT2D eigenvalue weighted by Crippen LogP contribution is -2.38. The standard InChI is InChI=1S/C13H22N6O2/c1-13(2)6-4-9(5-7-13)18(3)12-10(19(20)21)11(17-14)15-8-16-12/h8-9H,4-7,14H2,1-3H3,(H,15,16,17). The van der Waals surface area contributed by atoms with Crippen molar-refractivity contribution in [1.29, 1.82) is 0 Å². The first-order valence-corrected chi connectivity index (χ1v) is 7.04. The minimum atomic E-state index is -0.492. The predicted molar refractivity (Wildman–Crippen MR) is 80.9 cm³/mol. The van der Waals surface area contributed by atoms with Crippen LogP contribution in [-0.4, -0.2) is 28.0 Å². The van der Waals surface area contributed by atoms with Crippen LogP contribution in [0, 0.1) is 15.5 Å². The smallest absolute Gasteiger partial charge is 0.351 e. The van der Waals surface area contributed by atoms with Gasteiger partial charge in [0.2, 0.25) is 11.6 Å². The SMILES string of the molecule is CN(c1ncnc(NN)c1[N+](=O)[O-])C1CCC(C)(C)CC1. The van der Waals surface area contributed by atoms with Crippen molar-refractivity contribution in [3.8, 4) is 0 Å². The molecule has 0 saturated heterocycles. The molecule has 8 nitrogen and oxygen atoms in total. The monoisotopic (exact) mass is 294 g/mol. The van der Waals surface area contributed by atoms with E-state index in [0.717, 1.165) is 25.7 Å². The van der Waals surface area contributed by atoms with Crippen LogP contribution >= 0.6 is 0 Å². The number of rotatable bonds is 4. The zero-order chi connectivity index (χ0) is 15.6. The first-order chi connectivity index (χ1) is 9.85. The molecule has 1 heterocycles. The summed E-state index contributed by atoms with van der Waals surface area (Å²) in [5.74, 6) is 5.66. The highest BCUT2D eigenvalue weighted by Gasteiger charge is 2.33. The molecule has 0 amide bonds. The fourth-order valence-corrected chi connectivity index (χ4v) is 2.85. The Balaban J connectivity index is 2.27. The average Bonchev–Trinajstić information content (AvgIpc) is 2.45. The third-order valence-electron chi connectivity index (χ3n) is 4.31. The molecule has 1 aromatic heterocycles. The van der Waals surface area contributed by atoms with Gasteiger partial charge in [-0.1, -0.05) is 13.8 Å². The van der Waals surface area contributed by atoms with Gasteiger partial charge in [-0.15, -0.1) is 0 Å². The van der Waals surface area contributed by atoms with E-state index >= 15 is 0 Å². The van der Waals surface area contributed by atoms with Gasteiger partial charge in [-0.25, -0.2) is 15.8 Å². The Morgan fingerprint density at radius 3 is 2.57 bits per heavy atom. The number of hydrazine groups is 1. The Hall–Kier alpha value is -1.96. The second-order valence-electron chi connectivity index (χ2n) is 6.30. The summed E-state index contributed by atoms with van der Waals surface area (Å²) in [4.78, 5) is 20.6. The molecule has 1 aliphatic rings. The molecule has 116 valence electrons. The van der Waals surface area contributed by atoms with Gasteiger partial charge < -0.3 is 10.3 Å². The molecule has 0 bridgehead atoms. The van der Waals surface area contributed by atoms with Crippen LogP contribution in [0.5, 0.6) is 0 Å². The minimum absolute atomic E-state index is 0.0352. The lowest BCUT2D eigenvalue weighted by molar-refractivity contribution is -0.383. The van der Waals surface area contributed by atoms with Crippen molar-refractivity contribution >= 4 is 17.3 Å². The Morgan fingerprint density at radius 1 is 1.43 bits per heavy atom. The number of nitrogen functional groups attached to an aromatic ring is 1. The van der Waals surface area contributed by atoms with Crippen LogP contribution in [-0.2, 0) is 0 Å². The topological polar surface area (TPSA) is 110 Å². The largest absolute Gasteiger partial charge is 0.354 e. The highest BCUT2D eigenvalue weighted by atomic mass is 16.6. The number of nitrogens with two attached hydrogens (primary N) is 1. The number of nitrogens with one attached hydrogen (secondary N) is 1. The Morgan fingerprint density at radius 2 is 2.05 bits per heavy atom. The van der Waals surface area contributed by atoms with Crippen LogP contribution < -0.4 is 16.2 Å². The molecule has 3 N–H and O–H groups in total. The summed E-state index contributed by atoms with van der Waals surface area (Å²) < 4.78 is 0. The van der Waals surface area contributed by atoms with Gasteiger partial charge >= 0.3 is 5.69 Å². The van der Waals surface area contributed by atoms with Crippen molar-refractivity contribution in [2.75, 3.05) is 17.4 Å². The van der Waals surface area contributed by atoms with E-state index in [1.165, 1.54) is 6.33 Å². The predicted octanol–water partition coefficient (Wildman–Crippen LogP) is 2.08. The Bertz CT molecular complexity index is 523. The minimum Gasteiger partial charge on any atom is -0.351 e. The van der Waals surface area contributed by atoms with E-state index in [0.29, 0.717) is 11.2 Å². The molecular weight excluding hydrogens is 272 g/mol. The third kappa shape index (κ3) is 3.21. The molecule has 1 saturated carbocycles. The molecule has 0 aliphatic heterocycles. The molecule has 0 atom stereocenters. The van der Waals surface area contributed by atoms with Crippen LogP contribution in [0.4, 0.5) is 17.3 Å². The normalized spacial score (nSPS) is 18.3. The Labute approximate surface area is 123 Å². The van der Waals surface area contributed by atoms with Crippen LogP contribution in [0.3, 0.4) is 0 Å². The summed E-state index contributed by atoms with van der Waals surface area (Å²) in [6.07, 6.45) is 5.48. The summed E-state index contributed by atoms with van der Waals surface area (Å²) in [7, 11) is 1.85.